The van der Waals surface area contributed by atoms with Crippen LogP contribution in [0.5, 0.6) is 0 Å². The number of nitrogens with zero attached hydrogens (tertiary/aromatic N) is 3. The van der Waals surface area contributed by atoms with E-state index in [0.717, 1.165) is 24.1 Å². The maximum absolute atomic E-state index is 12.0. The van der Waals surface area contributed by atoms with E-state index in [4.69, 9.17) is 4.74 Å². The second-order valence-electron chi connectivity index (χ2n) is 6.53. The molecule has 2 rings (SSSR count). The van der Waals surface area contributed by atoms with Gasteiger partial charge >= 0.3 is 5.97 Å². The van der Waals surface area contributed by atoms with Gasteiger partial charge in [0.1, 0.15) is 5.69 Å². The van der Waals surface area contributed by atoms with Gasteiger partial charge in [-0.3, -0.25) is 4.68 Å². The first-order chi connectivity index (χ1) is 10.3. The molecular formula is C17H25N3O2. The Hall–Kier alpha value is -2.04. The Morgan fingerprint density at radius 3 is 2.64 bits per heavy atom. The third kappa shape index (κ3) is 3.78. The fourth-order valence-corrected chi connectivity index (χ4v) is 2.32. The number of rotatable bonds is 5. The number of carbonyl (C=O) groups excluding carboxylic acids is 1. The van der Waals surface area contributed by atoms with Crippen molar-refractivity contribution >= 4 is 5.97 Å². The fraction of sp³-hybridized carbons (Fsp3) is 0.529. The highest BCUT2D eigenvalue weighted by atomic mass is 16.5. The molecule has 2 heterocycles. The lowest BCUT2D eigenvalue weighted by Crippen LogP contribution is -2.21. The largest absolute Gasteiger partial charge is 0.461 e. The Morgan fingerprint density at radius 2 is 2.05 bits per heavy atom. The van der Waals surface area contributed by atoms with Crippen LogP contribution < -0.4 is 0 Å². The van der Waals surface area contributed by atoms with Crippen LogP contribution in [0.4, 0.5) is 0 Å². The molecule has 22 heavy (non-hydrogen) atoms. The Bertz CT molecular complexity index is 647. The summed E-state index contributed by atoms with van der Waals surface area (Å²) in [6, 6.07) is 1.87. The van der Waals surface area contributed by atoms with Crippen molar-refractivity contribution in [2.75, 3.05) is 6.61 Å². The highest BCUT2D eigenvalue weighted by Gasteiger charge is 2.16. The molecule has 0 atom stereocenters. The van der Waals surface area contributed by atoms with E-state index in [1.807, 2.05) is 41.6 Å². The van der Waals surface area contributed by atoms with E-state index in [2.05, 4.69) is 32.1 Å². The number of ether oxygens (including phenoxy) is 1. The van der Waals surface area contributed by atoms with Crippen LogP contribution in [0.25, 0.3) is 0 Å². The summed E-state index contributed by atoms with van der Waals surface area (Å²) in [4.78, 5) is 12.0. The predicted molar refractivity (Wildman–Crippen MR) is 86.1 cm³/mol. The zero-order valence-electron chi connectivity index (χ0n) is 14.1. The monoisotopic (exact) mass is 303 g/mol. The molecule has 0 unspecified atom stereocenters. The van der Waals surface area contributed by atoms with Crippen molar-refractivity contribution < 1.29 is 9.53 Å². The standard InChI is InChI=1S/C17H25N3O2/c1-6-22-16(21)15-9-13(2)11-19(15)8-7-14-10-18-20(12-14)17(3,4)5/h9-12H,6-8H2,1-5H3. The van der Waals surface area contributed by atoms with E-state index in [1.54, 1.807) is 0 Å². The lowest BCUT2D eigenvalue weighted by Gasteiger charge is -2.18. The number of carbonyl (C=O) groups is 1. The highest BCUT2D eigenvalue weighted by Crippen LogP contribution is 2.15. The lowest BCUT2D eigenvalue weighted by molar-refractivity contribution is 0.0513. The summed E-state index contributed by atoms with van der Waals surface area (Å²) < 4.78 is 9.03. The number of esters is 1. The molecule has 0 radical (unpaired) electrons. The molecule has 2 aromatic rings. The summed E-state index contributed by atoms with van der Waals surface area (Å²) in [7, 11) is 0. The Labute approximate surface area is 131 Å². The molecule has 0 aliphatic carbocycles. The van der Waals surface area contributed by atoms with Crippen molar-refractivity contribution in [1.29, 1.82) is 0 Å². The molecular weight excluding hydrogens is 278 g/mol. The quantitative estimate of drug-likeness (QED) is 0.797. The Balaban J connectivity index is 2.08. The van der Waals surface area contributed by atoms with Crippen molar-refractivity contribution in [2.45, 2.75) is 53.1 Å². The normalized spacial score (nSPS) is 11.7. The topological polar surface area (TPSA) is 49.1 Å². The first-order valence-corrected chi connectivity index (χ1v) is 7.69. The maximum atomic E-state index is 12.0. The molecule has 5 nitrogen and oxygen atoms in total. The van der Waals surface area contributed by atoms with Gasteiger partial charge in [0.05, 0.1) is 18.3 Å². The van der Waals surface area contributed by atoms with E-state index in [9.17, 15) is 4.79 Å². The van der Waals surface area contributed by atoms with Gasteiger partial charge in [-0.25, -0.2) is 4.79 Å². The van der Waals surface area contributed by atoms with Crippen LogP contribution >= 0.6 is 0 Å². The van der Waals surface area contributed by atoms with Crippen LogP contribution in [0.3, 0.4) is 0 Å². The van der Waals surface area contributed by atoms with Crippen LogP contribution in [0.2, 0.25) is 0 Å². The molecule has 120 valence electrons. The third-order valence-corrected chi connectivity index (χ3v) is 3.48. The van der Waals surface area contributed by atoms with Gasteiger partial charge in [0.25, 0.3) is 0 Å². The van der Waals surface area contributed by atoms with E-state index >= 15 is 0 Å². The molecule has 0 N–H and O–H groups in total. The van der Waals surface area contributed by atoms with Gasteiger partial charge in [0.15, 0.2) is 0 Å². The van der Waals surface area contributed by atoms with E-state index in [-0.39, 0.29) is 11.5 Å². The van der Waals surface area contributed by atoms with Gasteiger partial charge in [-0.05, 0) is 58.2 Å². The van der Waals surface area contributed by atoms with Crippen LogP contribution in [0, 0.1) is 6.92 Å². The van der Waals surface area contributed by atoms with Crippen LogP contribution in [0.1, 0.15) is 49.3 Å². The third-order valence-electron chi connectivity index (χ3n) is 3.48. The van der Waals surface area contributed by atoms with Gasteiger partial charge in [-0.1, -0.05) is 0 Å². The summed E-state index contributed by atoms with van der Waals surface area (Å²) in [6.45, 7) is 11.3. The number of hydrogen-bond donors (Lipinski definition) is 0. The summed E-state index contributed by atoms with van der Waals surface area (Å²) in [5.41, 5.74) is 2.82. The molecule has 0 aliphatic heterocycles. The minimum Gasteiger partial charge on any atom is -0.461 e. The zero-order valence-corrected chi connectivity index (χ0v) is 14.1. The Morgan fingerprint density at radius 1 is 1.32 bits per heavy atom. The lowest BCUT2D eigenvalue weighted by atomic mass is 10.1. The molecule has 0 bridgehead atoms. The second-order valence-corrected chi connectivity index (χ2v) is 6.53. The molecule has 0 spiro atoms. The van der Waals surface area contributed by atoms with E-state index in [0.29, 0.717) is 12.3 Å². The SMILES string of the molecule is CCOC(=O)c1cc(C)cn1CCc1cnn(C(C)(C)C)c1. The van der Waals surface area contributed by atoms with Crippen LogP contribution in [-0.4, -0.2) is 26.9 Å². The predicted octanol–water partition coefficient (Wildman–Crippen LogP) is 3.17. The smallest absolute Gasteiger partial charge is 0.354 e. The summed E-state index contributed by atoms with van der Waals surface area (Å²) in [5.74, 6) is -0.263. The van der Waals surface area contributed by atoms with Gasteiger partial charge in [0, 0.05) is 18.9 Å². The molecule has 0 amide bonds. The first-order valence-electron chi connectivity index (χ1n) is 7.69. The van der Waals surface area contributed by atoms with Crippen LogP contribution in [-0.2, 0) is 23.2 Å². The molecule has 0 aliphatic rings. The number of aryl methyl sites for hydroxylation is 3. The maximum Gasteiger partial charge on any atom is 0.354 e. The van der Waals surface area contributed by atoms with E-state index in [1.165, 1.54) is 0 Å². The number of hydrogen-bond acceptors (Lipinski definition) is 3. The average Bonchev–Trinajstić information content (AvgIpc) is 3.02. The summed E-state index contributed by atoms with van der Waals surface area (Å²) in [6.07, 6.45) is 6.78. The molecule has 0 aromatic carbocycles. The van der Waals surface area contributed by atoms with Crippen molar-refractivity contribution in [1.82, 2.24) is 14.3 Å². The molecule has 2 aromatic heterocycles. The molecule has 0 saturated carbocycles. The van der Waals surface area contributed by atoms with Crippen molar-refractivity contribution in [3.63, 3.8) is 0 Å². The molecule has 0 fully saturated rings. The first kappa shape index (κ1) is 16.3. The van der Waals surface area contributed by atoms with Gasteiger partial charge in [-0.2, -0.15) is 5.10 Å². The summed E-state index contributed by atoms with van der Waals surface area (Å²) >= 11 is 0. The Kier molecular flexibility index (Phi) is 4.74. The van der Waals surface area contributed by atoms with Crippen molar-refractivity contribution in [3.05, 3.63) is 41.5 Å². The van der Waals surface area contributed by atoms with Gasteiger partial charge < -0.3 is 9.30 Å². The fourth-order valence-electron chi connectivity index (χ4n) is 2.32. The number of aromatic nitrogens is 3. The molecule has 0 saturated heterocycles. The van der Waals surface area contributed by atoms with Crippen molar-refractivity contribution in [2.24, 2.45) is 0 Å². The zero-order chi connectivity index (χ0) is 16.3. The van der Waals surface area contributed by atoms with Crippen LogP contribution in [0.15, 0.2) is 24.7 Å². The summed E-state index contributed by atoms with van der Waals surface area (Å²) in [5, 5.41) is 4.41. The van der Waals surface area contributed by atoms with Gasteiger partial charge in [-0.15, -0.1) is 0 Å². The minimum atomic E-state index is -0.263. The average molecular weight is 303 g/mol. The van der Waals surface area contributed by atoms with Gasteiger partial charge in [0.2, 0.25) is 0 Å². The minimum absolute atomic E-state index is 0.0155. The van der Waals surface area contributed by atoms with E-state index < -0.39 is 0 Å². The highest BCUT2D eigenvalue weighted by molar-refractivity contribution is 5.88. The molecule has 5 heteroatoms. The second kappa shape index (κ2) is 6.38. The van der Waals surface area contributed by atoms with Crippen molar-refractivity contribution in [3.8, 4) is 0 Å².